The molecule has 27 heavy (non-hydrogen) atoms. The molecule has 0 aromatic carbocycles. The van der Waals surface area contributed by atoms with Crippen molar-refractivity contribution >= 4 is 11.6 Å². The maximum absolute atomic E-state index is 13.4. The number of rotatable bonds is 3. The van der Waals surface area contributed by atoms with Gasteiger partial charge in [0.1, 0.15) is 5.83 Å². The number of carbonyl (C=O) groups is 1. The fourth-order valence-electron chi connectivity index (χ4n) is 3.37. The highest BCUT2D eigenvalue weighted by Gasteiger charge is 2.25. The van der Waals surface area contributed by atoms with Gasteiger partial charge in [-0.25, -0.2) is 9.07 Å². The van der Waals surface area contributed by atoms with E-state index >= 15 is 0 Å². The van der Waals surface area contributed by atoms with Crippen LogP contribution in [0.3, 0.4) is 0 Å². The Kier molecular flexibility index (Phi) is 4.85. The molecule has 0 unspecified atom stereocenters. The molecule has 0 N–H and O–H groups in total. The van der Waals surface area contributed by atoms with Crippen LogP contribution in [0.4, 0.5) is 4.39 Å². The summed E-state index contributed by atoms with van der Waals surface area (Å²) in [6.45, 7) is 3.11. The van der Waals surface area contributed by atoms with E-state index in [2.05, 4.69) is 22.0 Å². The maximum Gasteiger partial charge on any atom is 0.274 e. The molecule has 140 valence electrons. The van der Waals surface area contributed by atoms with Gasteiger partial charge in [0.25, 0.3) is 5.91 Å². The third-order valence-corrected chi connectivity index (χ3v) is 5.02. The van der Waals surface area contributed by atoms with Crippen molar-refractivity contribution in [3.63, 3.8) is 0 Å². The van der Waals surface area contributed by atoms with Gasteiger partial charge in [-0.2, -0.15) is 5.10 Å². The van der Waals surface area contributed by atoms with E-state index in [1.54, 1.807) is 23.2 Å². The summed E-state index contributed by atoms with van der Waals surface area (Å²) < 4.78 is 15.2. The number of allylic oxidation sites excluding steroid dienone is 4. The van der Waals surface area contributed by atoms with E-state index < -0.39 is 0 Å². The van der Waals surface area contributed by atoms with Crippen LogP contribution in [0.1, 0.15) is 23.3 Å². The molecule has 1 amide bonds. The lowest BCUT2D eigenvalue weighted by atomic mass is 10.1. The molecule has 1 saturated heterocycles. The van der Waals surface area contributed by atoms with Crippen molar-refractivity contribution in [3.05, 3.63) is 54.3 Å². The third kappa shape index (κ3) is 3.68. The minimum atomic E-state index is -0.137. The van der Waals surface area contributed by atoms with Crippen LogP contribution in [0, 0.1) is 0 Å². The normalized spacial score (nSPS) is 18.2. The number of hydrogen-bond donors (Lipinski definition) is 0. The summed E-state index contributed by atoms with van der Waals surface area (Å²) in [4.78, 5) is 21.2. The predicted molar refractivity (Wildman–Crippen MR) is 102 cm³/mol. The van der Waals surface area contributed by atoms with Crippen molar-refractivity contribution in [2.75, 3.05) is 33.2 Å². The van der Waals surface area contributed by atoms with Crippen LogP contribution in [-0.4, -0.2) is 63.7 Å². The number of hydrogen-bond acceptors (Lipinski definition) is 4. The third-order valence-electron chi connectivity index (χ3n) is 5.02. The highest BCUT2D eigenvalue weighted by molar-refractivity contribution is 5.94. The largest absolute Gasteiger partial charge is 0.335 e. The van der Waals surface area contributed by atoms with E-state index in [4.69, 9.17) is 0 Å². The molecule has 1 aliphatic carbocycles. The van der Waals surface area contributed by atoms with Crippen LogP contribution in [0.25, 0.3) is 17.0 Å². The molecule has 0 spiro atoms. The van der Waals surface area contributed by atoms with Gasteiger partial charge in [0.2, 0.25) is 0 Å². The average Bonchev–Trinajstić information content (AvgIpc) is 3.15. The second-order valence-electron chi connectivity index (χ2n) is 6.94. The molecule has 0 radical (unpaired) electrons. The number of nitrogens with zero attached hydrogens (tertiary/aromatic N) is 5. The molecule has 1 fully saturated rings. The Morgan fingerprint density at radius 1 is 1.15 bits per heavy atom. The molecule has 2 aromatic rings. The van der Waals surface area contributed by atoms with E-state index in [1.165, 1.54) is 6.08 Å². The Morgan fingerprint density at radius 2 is 1.96 bits per heavy atom. The molecule has 2 aromatic heterocycles. The summed E-state index contributed by atoms with van der Waals surface area (Å²) in [6.07, 6.45) is 7.54. The van der Waals surface area contributed by atoms with Gasteiger partial charge in [-0.05, 0) is 43.8 Å². The molecular formula is C20H22FN5O. The molecule has 0 atom stereocenters. The van der Waals surface area contributed by atoms with Gasteiger partial charge in [-0.3, -0.25) is 9.78 Å². The maximum atomic E-state index is 13.4. The summed E-state index contributed by atoms with van der Waals surface area (Å²) in [6, 6.07) is 5.60. The van der Waals surface area contributed by atoms with Crippen LogP contribution in [0.2, 0.25) is 0 Å². The minimum absolute atomic E-state index is 0.0647. The first kappa shape index (κ1) is 17.6. The average molecular weight is 367 g/mol. The first-order valence-corrected chi connectivity index (χ1v) is 9.16. The lowest BCUT2D eigenvalue weighted by Crippen LogP contribution is -2.47. The SMILES string of the molecule is CN1CCN(C(=O)c2cc(-c3cccnc3)n(C3=CC=C(F)CC3)n2)CC1. The van der Waals surface area contributed by atoms with E-state index in [-0.39, 0.29) is 11.7 Å². The number of pyridine rings is 1. The molecule has 6 nitrogen and oxygen atoms in total. The van der Waals surface area contributed by atoms with Gasteiger partial charge < -0.3 is 9.80 Å². The molecule has 1 aliphatic heterocycles. The van der Waals surface area contributed by atoms with E-state index in [0.29, 0.717) is 31.6 Å². The molecular weight excluding hydrogens is 345 g/mol. The van der Waals surface area contributed by atoms with Gasteiger partial charge in [0, 0.05) is 56.3 Å². The zero-order chi connectivity index (χ0) is 18.8. The summed E-state index contributed by atoms with van der Waals surface area (Å²) in [5, 5.41) is 4.59. The standard InChI is InChI=1S/C20H22FN5O/c1-24-9-11-25(12-10-24)20(27)18-13-19(15-3-2-8-22-14-15)26(23-18)17-6-4-16(21)5-7-17/h2-4,6,8,13-14H,5,7,9-12H2,1H3. The van der Waals surface area contributed by atoms with Crippen molar-refractivity contribution in [1.82, 2.24) is 24.6 Å². The zero-order valence-electron chi connectivity index (χ0n) is 15.3. The van der Waals surface area contributed by atoms with E-state index in [9.17, 15) is 9.18 Å². The number of amides is 1. The van der Waals surface area contributed by atoms with Gasteiger partial charge in [-0.15, -0.1) is 0 Å². The Morgan fingerprint density at radius 3 is 2.63 bits per heavy atom. The summed E-state index contributed by atoms with van der Waals surface area (Å²) >= 11 is 0. The smallest absolute Gasteiger partial charge is 0.274 e. The Balaban J connectivity index is 1.71. The van der Waals surface area contributed by atoms with Crippen molar-refractivity contribution in [2.24, 2.45) is 0 Å². The van der Waals surface area contributed by atoms with E-state index in [0.717, 1.165) is 30.0 Å². The molecule has 7 heteroatoms. The molecule has 4 rings (SSSR count). The summed E-state index contributed by atoms with van der Waals surface area (Å²) in [5.41, 5.74) is 2.95. The Labute approximate surface area is 157 Å². The first-order chi connectivity index (χ1) is 13.1. The molecule has 0 saturated carbocycles. The number of halogens is 1. The molecule has 2 aliphatic rings. The van der Waals surface area contributed by atoms with Crippen LogP contribution in [0.15, 0.2) is 48.6 Å². The van der Waals surface area contributed by atoms with Crippen LogP contribution in [-0.2, 0) is 0 Å². The number of piperazine rings is 1. The lowest BCUT2D eigenvalue weighted by Gasteiger charge is -2.31. The van der Waals surface area contributed by atoms with Crippen molar-refractivity contribution in [3.8, 4) is 11.3 Å². The van der Waals surface area contributed by atoms with Crippen LogP contribution >= 0.6 is 0 Å². The second kappa shape index (κ2) is 7.44. The number of carbonyl (C=O) groups excluding carboxylic acids is 1. The summed E-state index contributed by atoms with van der Waals surface area (Å²) in [5.74, 6) is -0.201. The zero-order valence-corrected chi connectivity index (χ0v) is 15.3. The monoisotopic (exact) mass is 367 g/mol. The molecule has 0 bridgehead atoms. The van der Waals surface area contributed by atoms with Gasteiger partial charge in [-0.1, -0.05) is 0 Å². The van der Waals surface area contributed by atoms with E-state index in [1.807, 2.05) is 23.1 Å². The van der Waals surface area contributed by atoms with Crippen LogP contribution in [0.5, 0.6) is 0 Å². The quantitative estimate of drug-likeness (QED) is 0.837. The predicted octanol–water partition coefficient (Wildman–Crippen LogP) is 2.82. The van der Waals surface area contributed by atoms with Crippen molar-refractivity contribution in [2.45, 2.75) is 12.8 Å². The van der Waals surface area contributed by atoms with Gasteiger partial charge in [0.15, 0.2) is 5.69 Å². The fourth-order valence-corrected chi connectivity index (χ4v) is 3.37. The van der Waals surface area contributed by atoms with Crippen molar-refractivity contribution in [1.29, 1.82) is 0 Å². The van der Waals surface area contributed by atoms with Gasteiger partial charge in [0.05, 0.1) is 5.69 Å². The number of aromatic nitrogens is 3. The van der Waals surface area contributed by atoms with Crippen LogP contribution < -0.4 is 0 Å². The molecule has 3 heterocycles. The number of likely N-dealkylation sites (N-methyl/N-ethyl adjacent to an activating group) is 1. The Bertz CT molecular complexity index is 894. The topological polar surface area (TPSA) is 54.3 Å². The summed E-state index contributed by atoms with van der Waals surface area (Å²) in [7, 11) is 2.05. The first-order valence-electron chi connectivity index (χ1n) is 9.16. The lowest BCUT2D eigenvalue weighted by molar-refractivity contribution is 0.0658. The van der Waals surface area contributed by atoms with Crippen molar-refractivity contribution < 1.29 is 9.18 Å². The highest BCUT2D eigenvalue weighted by Crippen LogP contribution is 2.29. The fraction of sp³-hybridized carbons (Fsp3) is 0.350. The second-order valence-corrected chi connectivity index (χ2v) is 6.94. The highest BCUT2D eigenvalue weighted by atomic mass is 19.1. The Hall–Kier alpha value is -2.80. The van der Waals surface area contributed by atoms with Gasteiger partial charge >= 0.3 is 0 Å². The minimum Gasteiger partial charge on any atom is -0.335 e.